The zero-order valence-electron chi connectivity index (χ0n) is 11.3. The minimum atomic E-state index is -0.616. The molecule has 21 heavy (non-hydrogen) atoms. The summed E-state index contributed by atoms with van der Waals surface area (Å²) in [4.78, 5) is 33.6. The van der Waals surface area contributed by atoms with Crippen LogP contribution in [0.15, 0.2) is 47.4 Å². The van der Waals surface area contributed by atoms with Gasteiger partial charge in [-0.3, -0.25) is 24.3 Å². The van der Waals surface area contributed by atoms with E-state index in [0.717, 1.165) is 28.5 Å². The second-order valence-electron chi connectivity index (χ2n) is 4.47. The molecule has 0 fully saturated rings. The fourth-order valence-electron chi connectivity index (χ4n) is 1.81. The average molecular weight is 287 g/mol. The van der Waals surface area contributed by atoms with Crippen LogP contribution >= 0.6 is 0 Å². The number of carbonyl (C=O) groups excluding carboxylic acids is 1. The summed E-state index contributed by atoms with van der Waals surface area (Å²) >= 11 is 0. The summed E-state index contributed by atoms with van der Waals surface area (Å²) in [7, 11) is 0. The highest BCUT2D eigenvalue weighted by Crippen LogP contribution is 2.13. The third kappa shape index (κ3) is 3.53. The van der Waals surface area contributed by atoms with Gasteiger partial charge in [0.2, 0.25) is 5.91 Å². The van der Waals surface area contributed by atoms with Crippen LogP contribution in [0.3, 0.4) is 0 Å². The number of hydrogen-bond donors (Lipinski definition) is 1. The molecule has 7 heteroatoms. The van der Waals surface area contributed by atoms with Crippen LogP contribution in [0.4, 0.5) is 11.4 Å². The Labute approximate surface area is 120 Å². The SMILES string of the molecule is Cc1ccccc1NC(=O)Cn1cc([N+](=O)[O-])ccc1=O. The maximum Gasteiger partial charge on any atom is 0.285 e. The molecule has 0 saturated carbocycles. The van der Waals surface area contributed by atoms with Crippen LogP contribution in [-0.4, -0.2) is 15.4 Å². The van der Waals surface area contributed by atoms with Gasteiger partial charge in [-0.25, -0.2) is 0 Å². The first-order chi connectivity index (χ1) is 9.97. The first-order valence-corrected chi connectivity index (χ1v) is 6.18. The van der Waals surface area contributed by atoms with Gasteiger partial charge in [-0.15, -0.1) is 0 Å². The summed E-state index contributed by atoms with van der Waals surface area (Å²) < 4.78 is 1.01. The molecule has 0 spiro atoms. The van der Waals surface area contributed by atoms with Crippen molar-refractivity contribution in [2.75, 3.05) is 5.32 Å². The summed E-state index contributed by atoms with van der Waals surface area (Å²) in [5, 5.41) is 13.3. The predicted octanol–water partition coefficient (Wildman–Crippen LogP) is 1.70. The number of aromatic nitrogens is 1. The highest BCUT2D eigenvalue weighted by atomic mass is 16.6. The lowest BCUT2D eigenvalue weighted by Gasteiger charge is -2.09. The molecule has 0 aliphatic heterocycles. The van der Waals surface area contributed by atoms with Crippen molar-refractivity contribution < 1.29 is 9.72 Å². The third-order valence-corrected chi connectivity index (χ3v) is 2.91. The number of amides is 1. The third-order valence-electron chi connectivity index (χ3n) is 2.91. The molecule has 0 radical (unpaired) electrons. The summed E-state index contributed by atoms with van der Waals surface area (Å²) in [5.41, 5.74) is 0.817. The topological polar surface area (TPSA) is 94.2 Å². The van der Waals surface area contributed by atoms with E-state index in [4.69, 9.17) is 0 Å². The quantitative estimate of drug-likeness (QED) is 0.684. The Morgan fingerprint density at radius 2 is 2.00 bits per heavy atom. The molecular formula is C14H13N3O4. The van der Waals surface area contributed by atoms with Gasteiger partial charge >= 0.3 is 0 Å². The van der Waals surface area contributed by atoms with E-state index in [1.807, 2.05) is 19.1 Å². The summed E-state index contributed by atoms with van der Waals surface area (Å²) in [6.07, 6.45) is 1.06. The molecule has 1 aromatic carbocycles. The zero-order chi connectivity index (χ0) is 15.4. The van der Waals surface area contributed by atoms with Crippen molar-refractivity contribution in [2.45, 2.75) is 13.5 Å². The number of hydrogen-bond acceptors (Lipinski definition) is 4. The summed E-state index contributed by atoms with van der Waals surface area (Å²) in [6, 6.07) is 9.38. The lowest BCUT2D eigenvalue weighted by atomic mass is 10.2. The fraction of sp³-hybridized carbons (Fsp3) is 0.143. The molecule has 0 saturated heterocycles. The lowest BCUT2D eigenvalue weighted by Crippen LogP contribution is -2.27. The largest absolute Gasteiger partial charge is 0.324 e. The molecule has 0 bridgehead atoms. The van der Waals surface area contributed by atoms with Crippen molar-refractivity contribution in [3.8, 4) is 0 Å². The maximum absolute atomic E-state index is 11.9. The Bertz CT molecular complexity index is 752. The van der Waals surface area contributed by atoms with Gasteiger partial charge in [0.05, 0.1) is 11.1 Å². The lowest BCUT2D eigenvalue weighted by molar-refractivity contribution is -0.385. The number of pyridine rings is 1. The fourth-order valence-corrected chi connectivity index (χ4v) is 1.81. The van der Waals surface area contributed by atoms with Crippen LogP contribution in [0.2, 0.25) is 0 Å². The molecule has 1 heterocycles. The van der Waals surface area contributed by atoms with Crippen LogP contribution < -0.4 is 10.9 Å². The van der Waals surface area contributed by atoms with Gasteiger partial charge < -0.3 is 5.32 Å². The van der Waals surface area contributed by atoms with Gasteiger partial charge in [-0.05, 0) is 18.6 Å². The number of nitro groups is 1. The van der Waals surface area contributed by atoms with Gasteiger partial charge in [-0.1, -0.05) is 18.2 Å². The van der Waals surface area contributed by atoms with Gasteiger partial charge in [0.1, 0.15) is 6.54 Å². The van der Waals surface area contributed by atoms with Crippen LogP contribution in [0.1, 0.15) is 5.56 Å². The van der Waals surface area contributed by atoms with Crippen molar-refractivity contribution >= 4 is 17.3 Å². The van der Waals surface area contributed by atoms with Gasteiger partial charge in [0.25, 0.3) is 11.2 Å². The Morgan fingerprint density at radius 1 is 1.29 bits per heavy atom. The van der Waals surface area contributed by atoms with E-state index in [0.29, 0.717) is 5.69 Å². The highest BCUT2D eigenvalue weighted by Gasteiger charge is 2.11. The van der Waals surface area contributed by atoms with E-state index in [-0.39, 0.29) is 12.2 Å². The Kier molecular flexibility index (Phi) is 4.13. The van der Waals surface area contributed by atoms with Crippen molar-refractivity contribution in [1.82, 2.24) is 4.57 Å². The second-order valence-corrected chi connectivity index (χ2v) is 4.47. The molecule has 7 nitrogen and oxygen atoms in total. The van der Waals surface area contributed by atoms with Crippen molar-refractivity contribution in [3.05, 3.63) is 68.6 Å². The van der Waals surface area contributed by atoms with Gasteiger partial charge in [-0.2, -0.15) is 0 Å². The number of nitrogens with one attached hydrogen (secondary N) is 1. The Balaban J connectivity index is 2.17. The van der Waals surface area contributed by atoms with E-state index in [2.05, 4.69) is 5.32 Å². The smallest absolute Gasteiger partial charge is 0.285 e. The van der Waals surface area contributed by atoms with E-state index >= 15 is 0 Å². The molecule has 1 N–H and O–H groups in total. The van der Waals surface area contributed by atoms with Crippen LogP contribution in [0.25, 0.3) is 0 Å². The van der Waals surface area contributed by atoms with E-state index in [1.165, 1.54) is 0 Å². The molecule has 2 rings (SSSR count). The number of nitrogens with zero attached hydrogens (tertiary/aromatic N) is 2. The molecule has 0 unspecified atom stereocenters. The number of benzene rings is 1. The molecule has 1 amide bonds. The molecule has 0 atom stereocenters. The first-order valence-electron chi connectivity index (χ1n) is 6.18. The molecule has 0 aliphatic rings. The van der Waals surface area contributed by atoms with E-state index in [1.54, 1.807) is 12.1 Å². The zero-order valence-corrected chi connectivity index (χ0v) is 11.3. The molecule has 108 valence electrons. The number of rotatable bonds is 4. The van der Waals surface area contributed by atoms with Crippen molar-refractivity contribution in [1.29, 1.82) is 0 Å². The van der Waals surface area contributed by atoms with Gasteiger partial charge in [0.15, 0.2) is 0 Å². The number of para-hydroxylation sites is 1. The van der Waals surface area contributed by atoms with Crippen molar-refractivity contribution in [3.63, 3.8) is 0 Å². The van der Waals surface area contributed by atoms with Crippen molar-refractivity contribution in [2.24, 2.45) is 0 Å². The molecule has 0 aliphatic carbocycles. The molecule has 1 aromatic heterocycles. The average Bonchev–Trinajstić information content (AvgIpc) is 2.43. The minimum Gasteiger partial charge on any atom is -0.324 e. The van der Waals surface area contributed by atoms with Crippen LogP contribution in [0, 0.1) is 17.0 Å². The number of anilines is 1. The van der Waals surface area contributed by atoms with Gasteiger partial charge in [0, 0.05) is 17.8 Å². The monoisotopic (exact) mass is 287 g/mol. The Hall–Kier alpha value is -2.96. The van der Waals surface area contributed by atoms with Crippen LogP contribution in [-0.2, 0) is 11.3 Å². The maximum atomic E-state index is 11.9. The minimum absolute atomic E-state index is 0.238. The number of aryl methyl sites for hydroxylation is 1. The summed E-state index contributed by atoms with van der Waals surface area (Å²) in [5.74, 6) is -0.424. The standard InChI is InChI=1S/C14H13N3O4/c1-10-4-2-3-5-12(10)15-13(18)9-16-8-11(17(20)21)6-7-14(16)19/h2-8H,9H2,1H3,(H,15,18). The highest BCUT2D eigenvalue weighted by molar-refractivity contribution is 5.91. The van der Waals surface area contributed by atoms with E-state index in [9.17, 15) is 19.7 Å². The molecule has 2 aromatic rings. The Morgan fingerprint density at radius 3 is 2.67 bits per heavy atom. The number of carbonyl (C=O) groups is 1. The predicted molar refractivity (Wildman–Crippen MR) is 77.2 cm³/mol. The summed E-state index contributed by atoms with van der Waals surface area (Å²) in [6.45, 7) is 1.56. The normalized spacial score (nSPS) is 10.1. The first kappa shape index (κ1) is 14.4. The van der Waals surface area contributed by atoms with E-state index < -0.39 is 16.4 Å². The molecular weight excluding hydrogens is 274 g/mol. The van der Waals surface area contributed by atoms with Crippen LogP contribution in [0.5, 0.6) is 0 Å². The second kappa shape index (κ2) is 6.00.